The lowest BCUT2D eigenvalue weighted by Gasteiger charge is -2.17. The van der Waals surface area contributed by atoms with E-state index >= 15 is 0 Å². The molecule has 0 aliphatic carbocycles. The molecule has 2 atom stereocenters. The SMILES string of the molecule is CCC(C)C(O)COc1ccc(F)c(C)c1. The van der Waals surface area contributed by atoms with E-state index in [-0.39, 0.29) is 18.3 Å². The van der Waals surface area contributed by atoms with E-state index in [4.69, 9.17) is 4.74 Å². The van der Waals surface area contributed by atoms with Gasteiger partial charge in [-0.2, -0.15) is 0 Å². The van der Waals surface area contributed by atoms with E-state index < -0.39 is 6.10 Å². The molecule has 0 bridgehead atoms. The van der Waals surface area contributed by atoms with Crippen LogP contribution in [0.3, 0.4) is 0 Å². The first-order valence-electron chi connectivity index (χ1n) is 5.61. The van der Waals surface area contributed by atoms with E-state index in [2.05, 4.69) is 0 Å². The number of benzene rings is 1. The molecule has 0 saturated carbocycles. The summed E-state index contributed by atoms with van der Waals surface area (Å²) in [6.45, 7) is 5.94. The molecule has 90 valence electrons. The van der Waals surface area contributed by atoms with Crippen LogP contribution < -0.4 is 4.74 Å². The summed E-state index contributed by atoms with van der Waals surface area (Å²) in [6.07, 6.45) is 0.433. The van der Waals surface area contributed by atoms with Gasteiger partial charge in [-0.3, -0.25) is 0 Å². The van der Waals surface area contributed by atoms with E-state index in [9.17, 15) is 9.50 Å². The van der Waals surface area contributed by atoms with Crippen molar-refractivity contribution in [1.82, 2.24) is 0 Å². The first kappa shape index (κ1) is 13.0. The third-order valence-corrected chi connectivity index (χ3v) is 2.85. The molecule has 0 fully saturated rings. The second-order valence-electron chi connectivity index (χ2n) is 4.17. The third-order valence-electron chi connectivity index (χ3n) is 2.85. The number of halogens is 1. The Hall–Kier alpha value is -1.09. The van der Waals surface area contributed by atoms with E-state index in [1.807, 2.05) is 13.8 Å². The number of hydrogen-bond acceptors (Lipinski definition) is 2. The zero-order valence-electron chi connectivity index (χ0n) is 10.0. The molecule has 3 heteroatoms. The Labute approximate surface area is 96.1 Å². The molecule has 1 rings (SSSR count). The molecule has 1 aromatic rings. The fraction of sp³-hybridized carbons (Fsp3) is 0.538. The van der Waals surface area contributed by atoms with Gasteiger partial charge in [-0.05, 0) is 36.6 Å². The molecule has 0 saturated heterocycles. The van der Waals surface area contributed by atoms with Crippen molar-refractivity contribution in [3.63, 3.8) is 0 Å². The lowest BCUT2D eigenvalue weighted by atomic mass is 10.0. The first-order valence-corrected chi connectivity index (χ1v) is 5.61. The van der Waals surface area contributed by atoms with Crippen LogP contribution in [0.4, 0.5) is 4.39 Å². The topological polar surface area (TPSA) is 29.5 Å². The van der Waals surface area contributed by atoms with Crippen LogP contribution in [-0.4, -0.2) is 17.8 Å². The van der Waals surface area contributed by atoms with Crippen molar-refractivity contribution in [3.05, 3.63) is 29.6 Å². The summed E-state index contributed by atoms with van der Waals surface area (Å²) in [5.74, 6) is 0.567. The van der Waals surface area contributed by atoms with Crippen LogP contribution >= 0.6 is 0 Å². The molecule has 2 nitrogen and oxygen atoms in total. The number of hydrogen-bond donors (Lipinski definition) is 1. The average molecular weight is 226 g/mol. The molecule has 16 heavy (non-hydrogen) atoms. The molecule has 1 aromatic carbocycles. The van der Waals surface area contributed by atoms with Gasteiger partial charge in [-0.15, -0.1) is 0 Å². The minimum Gasteiger partial charge on any atom is -0.491 e. The minimum atomic E-state index is -0.477. The normalized spacial score (nSPS) is 14.6. The van der Waals surface area contributed by atoms with Crippen molar-refractivity contribution in [3.8, 4) is 5.75 Å². The van der Waals surface area contributed by atoms with E-state index in [1.54, 1.807) is 19.1 Å². The van der Waals surface area contributed by atoms with Gasteiger partial charge in [0.25, 0.3) is 0 Å². The second-order valence-corrected chi connectivity index (χ2v) is 4.17. The maximum absolute atomic E-state index is 13.0. The van der Waals surface area contributed by atoms with Crippen LogP contribution in [0.1, 0.15) is 25.8 Å². The number of ether oxygens (including phenoxy) is 1. The van der Waals surface area contributed by atoms with Crippen LogP contribution in [0.5, 0.6) is 5.75 Å². The summed E-state index contributed by atoms with van der Waals surface area (Å²) < 4.78 is 18.4. The Balaban J connectivity index is 2.51. The molecule has 1 N–H and O–H groups in total. The van der Waals surface area contributed by atoms with Crippen molar-refractivity contribution in [2.45, 2.75) is 33.3 Å². The number of aryl methyl sites for hydroxylation is 1. The van der Waals surface area contributed by atoms with Gasteiger partial charge in [0.15, 0.2) is 0 Å². The predicted molar refractivity (Wildman–Crippen MR) is 62.1 cm³/mol. The molecule has 0 aromatic heterocycles. The van der Waals surface area contributed by atoms with Gasteiger partial charge in [0.1, 0.15) is 18.2 Å². The predicted octanol–water partition coefficient (Wildman–Crippen LogP) is 2.92. The highest BCUT2D eigenvalue weighted by atomic mass is 19.1. The van der Waals surface area contributed by atoms with Crippen LogP contribution in [-0.2, 0) is 0 Å². The van der Waals surface area contributed by atoms with Gasteiger partial charge in [-0.1, -0.05) is 20.3 Å². The summed E-state index contributed by atoms with van der Waals surface area (Å²) in [6, 6.07) is 4.59. The number of aliphatic hydroxyl groups excluding tert-OH is 1. The van der Waals surface area contributed by atoms with Crippen LogP contribution in [0.2, 0.25) is 0 Å². The highest BCUT2D eigenvalue weighted by Gasteiger charge is 2.12. The summed E-state index contributed by atoms with van der Waals surface area (Å²) in [5, 5.41) is 9.70. The van der Waals surface area contributed by atoms with Gasteiger partial charge in [-0.25, -0.2) is 4.39 Å². The van der Waals surface area contributed by atoms with Gasteiger partial charge in [0, 0.05) is 0 Å². The van der Waals surface area contributed by atoms with Crippen molar-refractivity contribution in [2.24, 2.45) is 5.92 Å². The second kappa shape index (κ2) is 5.85. The Kier molecular flexibility index (Phi) is 4.74. The Morgan fingerprint density at radius 3 is 2.69 bits per heavy atom. The lowest BCUT2D eigenvalue weighted by Crippen LogP contribution is -2.24. The van der Waals surface area contributed by atoms with E-state index in [1.165, 1.54) is 6.07 Å². The van der Waals surface area contributed by atoms with Gasteiger partial charge >= 0.3 is 0 Å². The van der Waals surface area contributed by atoms with Crippen LogP contribution in [0, 0.1) is 18.7 Å². The van der Waals surface area contributed by atoms with E-state index in [0.717, 1.165) is 6.42 Å². The Morgan fingerprint density at radius 1 is 1.44 bits per heavy atom. The highest BCUT2D eigenvalue weighted by molar-refractivity contribution is 5.28. The van der Waals surface area contributed by atoms with E-state index in [0.29, 0.717) is 11.3 Å². The smallest absolute Gasteiger partial charge is 0.126 e. The summed E-state index contributed by atoms with van der Waals surface area (Å²) in [4.78, 5) is 0. The molecular formula is C13H19FO2. The lowest BCUT2D eigenvalue weighted by molar-refractivity contribution is 0.0621. The molecular weight excluding hydrogens is 207 g/mol. The first-order chi connectivity index (χ1) is 7.54. The molecule has 0 radical (unpaired) electrons. The molecule has 0 heterocycles. The van der Waals surface area contributed by atoms with Gasteiger partial charge in [0.05, 0.1) is 6.10 Å². The summed E-state index contributed by atoms with van der Waals surface area (Å²) >= 11 is 0. The standard InChI is InChI=1S/C13H19FO2/c1-4-9(2)13(15)8-16-11-5-6-12(14)10(3)7-11/h5-7,9,13,15H,4,8H2,1-3H3. The van der Waals surface area contributed by atoms with Crippen LogP contribution in [0.25, 0.3) is 0 Å². The molecule has 0 amide bonds. The van der Waals surface area contributed by atoms with Crippen molar-refractivity contribution in [1.29, 1.82) is 0 Å². The number of rotatable bonds is 5. The number of aliphatic hydroxyl groups is 1. The fourth-order valence-corrected chi connectivity index (χ4v) is 1.32. The molecule has 0 aliphatic heterocycles. The maximum Gasteiger partial charge on any atom is 0.126 e. The zero-order valence-corrected chi connectivity index (χ0v) is 10.0. The average Bonchev–Trinajstić information content (AvgIpc) is 2.29. The molecule has 2 unspecified atom stereocenters. The zero-order chi connectivity index (χ0) is 12.1. The summed E-state index contributed by atoms with van der Waals surface area (Å²) in [7, 11) is 0. The Morgan fingerprint density at radius 2 is 2.12 bits per heavy atom. The largest absolute Gasteiger partial charge is 0.491 e. The van der Waals surface area contributed by atoms with Crippen molar-refractivity contribution in [2.75, 3.05) is 6.61 Å². The monoisotopic (exact) mass is 226 g/mol. The van der Waals surface area contributed by atoms with Gasteiger partial charge < -0.3 is 9.84 Å². The van der Waals surface area contributed by atoms with Crippen molar-refractivity contribution >= 4 is 0 Å². The van der Waals surface area contributed by atoms with Crippen LogP contribution in [0.15, 0.2) is 18.2 Å². The minimum absolute atomic E-state index is 0.210. The highest BCUT2D eigenvalue weighted by Crippen LogP contribution is 2.17. The van der Waals surface area contributed by atoms with Gasteiger partial charge in [0.2, 0.25) is 0 Å². The Bertz CT molecular complexity index is 339. The third kappa shape index (κ3) is 3.49. The maximum atomic E-state index is 13.0. The molecule has 0 spiro atoms. The molecule has 0 aliphatic rings. The fourth-order valence-electron chi connectivity index (χ4n) is 1.32. The summed E-state index contributed by atoms with van der Waals surface area (Å²) in [5.41, 5.74) is 0.551. The quantitative estimate of drug-likeness (QED) is 0.836. The van der Waals surface area contributed by atoms with Crippen molar-refractivity contribution < 1.29 is 14.2 Å².